The number of nitrogens with one attached hydrogen (secondary N) is 1. The van der Waals surface area contributed by atoms with Gasteiger partial charge in [0.15, 0.2) is 0 Å². The van der Waals surface area contributed by atoms with Crippen LogP contribution >= 0.6 is 15.9 Å². The zero-order valence-corrected chi connectivity index (χ0v) is 14.5. The third-order valence-electron chi connectivity index (χ3n) is 4.21. The largest absolute Gasteiger partial charge is 0.241 e. The lowest BCUT2D eigenvalue weighted by molar-refractivity contribution is 0.301. The molecule has 1 aromatic carbocycles. The third kappa shape index (κ3) is 3.43. The van der Waals surface area contributed by atoms with Gasteiger partial charge in [-0.1, -0.05) is 41.3 Å². The zero-order chi connectivity index (χ0) is 14.8. The van der Waals surface area contributed by atoms with Crippen LogP contribution in [0, 0.1) is 13.8 Å². The summed E-state index contributed by atoms with van der Waals surface area (Å²) in [6.07, 6.45) is 5.17. The standard InChI is InChI=1S/C15H22BrNO2S/c1-12-6-7-14(10-13(12)2)20(18,19)17-15(11-16)8-4-3-5-9-15/h6-7,10,17H,3-5,8-9,11H2,1-2H3. The van der Waals surface area contributed by atoms with E-state index in [1.807, 2.05) is 19.9 Å². The molecule has 3 nitrogen and oxygen atoms in total. The molecular weight excluding hydrogens is 338 g/mol. The molecule has 0 heterocycles. The van der Waals surface area contributed by atoms with E-state index in [2.05, 4.69) is 20.7 Å². The fourth-order valence-corrected chi connectivity index (χ4v) is 5.15. The Morgan fingerprint density at radius 2 is 1.80 bits per heavy atom. The van der Waals surface area contributed by atoms with Gasteiger partial charge in [0.25, 0.3) is 0 Å². The van der Waals surface area contributed by atoms with Gasteiger partial charge in [0.1, 0.15) is 0 Å². The summed E-state index contributed by atoms with van der Waals surface area (Å²) in [6.45, 7) is 3.93. The molecule has 0 aromatic heterocycles. The van der Waals surface area contributed by atoms with Crippen LogP contribution in [0.4, 0.5) is 0 Å². The molecule has 5 heteroatoms. The summed E-state index contributed by atoms with van der Waals surface area (Å²) in [5, 5.41) is 0.671. The molecule has 1 N–H and O–H groups in total. The summed E-state index contributed by atoms with van der Waals surface area (Å²) in [5.74, 6) is 0. The highest BCUT2D eigenvalue weighted by Crippen LogP contribution is 2.31. The van der Waals surface area contributed by atoms with Gasteiger partial charge in [0, 0.05) is 10.9 Å². The second-order valence-corrected chi connectivity index (χ2v) is 8.07. The molecule has 0 unspecified atom stereocenters. The van der Waals surface area contributed by atoms with Crippen molar-refractivity contribution < 1.29 is 8.42 Å². The molecule has 1 saturated carbocycles. The second kappa shape index (κ2) is 6.16. The molecule has 1 aromatic rings. The highest BCUT2D eigenvalue weighted by Gasteiger charge is 2.35. The van der Waals surface area contributed by atoms with Gasteiger partial charge in [-0.05, 0) is 49.9 Å². The first-order valence-electron chi connectivity index (χ1n) is 7.06. The van der Waals surface area contributed by atoms with Crippen molar-refractivity contribution in [2.24, 2.45) is 0 Å². The summed E-state index contributed by atoms with van der Waals surface area (Å²) in [7, 11) is -3.45. The minimum atomic E-state index is -3.45. The number of aryl methyl sites for hydroxylation is 2. The molecule has 1 aliphatic rings. The Morgan fingerprint density at radius 1 is 1.15 bits per heavy atom. The number of alkyl halides is 1. The number of halogens is 1. The molecule has 112 valence electrons. The van der Waals surface area contributed by atoms with Gasteiger partial charge < -0.3 is 0 Å². The van der Waals surface area contributed by atoms with E-state index >= 15 is 0 Å². The van der Waals surface area contributed by atoms with Crippen molar-refractivity contribution in [3.8, 4) is 0 Å². The van der Waals surface area contributed by atoms with Gasteiger partial charge in [-0.15, -0.1) is 0 Å². The molecule has 0 aliphatic heterocycles. The Hall–Kier alpha value is -0.390. The fraction of sp³-hybridized carbons (Fsp3) is 0.600. The normalized spacial score (nSPS) is 18.9. The maximum Gasteiger partial charge on any atom is 0.241 e. The monoisotopic (exact) mass is 359 g/mol. The number of benzene rings is 1. The summed E-state index contributed by atoms with van der Waals surface area (Å²) < 4.78 is 28.1. The van der Waals surface area contributed by atoms with E-state index in [4.69, 9.17) is 0 Å². The van der Waals surface area contributed by atoms with Crippen LogP contribution < -0.4 is 4.72 Å². The number of rotatable bonds is 4. The minimum Gasteiger partial charge on any atom is -0.207 e. The summed E-state index contributed by atoms with van der Waals surface area (Å²) in [4.78, 5) is 0.367. The van der Waals surface area contributed by atoms with E-state index in [-0.39, 0.29) is 5.54 Å². The van der Waals surface area contributed by atoms with Crippen LogP contribution in [0.1, 0.15) is 43.2 Å². The number of hydrogen-bond acceptors (Lipinski definition) is 2. The smallest absolute Gasteiger partial charge is 0.207 e. The Bertz CT molecular complexity index is 578. The molecule has 2 rings (SSSR count). The Labute approximate surface area is 130 Å². The van der Waals surface area contributed by atoms with E-state index in [1.165, 1.54) is 6.42 Å². The Kier molecular flexibility index (Phi) is 4.92. The van der Waals surface area contributed by atoms with Gasteiger partial charge in [0.2, 0.25) is 10.0 Å². The van der Waals surface area contributed by atoms with Crippen molar-refractivity contribution >= 4 is 26.0 Å². The Balaban J connectivity index is 2.27. The topological polar surface area (TPSA) is 46.2 Å². The fourth-order valence-electron chi connectivity index (χ4n) is 2.72. The van der Waals surface area contributed by atoms with E-state index in [0.29, 0.717) is 10.2 Å². The van der Waals surface area contributed by atoms with E-state index in [0.717, 1.165) is 36.8 Å². The van der Waals surface area contributed by atoms with Crippen molar-refractivity contribution in [3.05, 3.63) is 29.3 Å². The van der Waals surface area contributed by atoms with E-state index in [1.54, 1.807) is 12.1 Å². The average molecular weight is 360 g/mol. The molecule has 1 aliphatic carbocycles. The van der Waals surface area contributed by atoms with Gasteiger partial charge in [-0.25, -0.2) is 13.1 Å². The Morgan fingerprint density at radius 3 is 2.35 bits per heavy atom. The lowest BCUT2D eigenvalue weighted by Crippen LogP contribution is -2.51. The first-order chi connectivity index (χ1) is 9.38. The van der Waals surface area contributed by atoms with Crippen LogP contribution in [0.15, 0.2) is 23.1 Å². The number of sulfonamides is 1. The predicted octanol–water partition coefficient (Wildman–Crippen LogP) is 3.68. The summed E-state index contributed by atoms with van der Waals surface area (Å²) >= 11 is 3.49. The van der Waals surface area contributed by atoms with Gasteiger partial charge in [-0.3, -0.25) is 0 Å². The SMILES string of the molecule is Cc1ccc(S(=O)(=O)NC2(CBr)CCCCC2)cc1C. The second-order valence-electron chi connectivity index (χ2n) is 5.83. The van der Waals surface area contributed by atoms with Gasteiger partial charge in [0.05, 0.1) is 4.90 Å². The quantitative estimate of drug-likeness (QED) is 0.833. The lowest BCUT2D eigenvalue weighted by Gasteiger charge is -2.36. The van der Waals surface area contributed by atoms with Crippen LogP contribution in [-0.4, -0.2) is 19.3 Å². The number of hydrogen-bond donors (Lipinski definition) is 1. The minimum absolute atomic E-state index is 0.324. The molecule has 0 atom stereocenters. The van der Waals surface area contributed by atoms with Crippen molar-refractivity contribution in [2.75, 3.05) is 5.33 Å². The highest BCUT2D eigenvalue weighted by atomic mass is 79.9. The molecule has 0 bridgehead atoms. The molecule has 20 heavy (non-hydrogen) atoms. The van der Waals surface area contributed by atoms with Crippen LogP contribution in [-0.2, 0) is 10.0 Å². The van der Waals surface area contributed by atoms with Crippen molar-refractivity contribution in [2.45, 2.75) is 56.4 Å². The van der Waals surface area contributed by atoms with Crippen LogP contribution in [0.2, 0.25) is 0 Å². The molecule has 0 radical (unpaired) electrons. The van der Waals surface area contributed by atoms with Crippen LogP contribution in [0.3, 0.4) is 0 Å². The van der Waals surface area contributed by atoms with E-state index < -0.39 is 10.0 Å². The lowest BCUT2D eigenvalue weighted by atomic mass is 9.84. The third-order valence-corrected chi connectivity index (χ3v) is 6.86. The van der Waals surface area contributed by atoms with Crippen LogP contribution in [0.5, 0.6) is 0 Å². The van der Waals surface area contributed by atoms with Crippen molar-refractivity contribution in [1.29, 1.82) is 0 Å². The molecule has 0 saturated heterocycles. The molecular formula is C15H22BrNO2S. The van der Waals surface area contributed by atoms with E-state index in [9.17, 15) is 8.42 Å². The van der Waals surface area contributed by atoms with Crippen molar-refractivity contribution in [3.63, 3.8) is 0 Å². The summed E-state index contributed by atoms with van der Waals surface area (Å²) in [6, 6.07) is 5.31. The molecule has 1 fully saturated rings. The molecule has 0 spiro atoms. The first-order valence-corrected chi connectivity index (χ1v) is 9.66. The average Bonchev–Trinajstić information content (AvgIpc) is 2.42. The van der Waals surface area contributed by atoms with Crippen LogP contribution in [0.25, 0.3) is 0 Å². The maximum absolute atomic E-state index is 12.6. The van der Waals surface area contributed by atoms with Crippen molar-refractivity contribution in [1.82, 2.24) is 4.72 Å². The zero-order valence-electron chi connectivity index (χ0n) is 12.1. The van der Waals surface area contributed by atoms with Gasteiger partial charge in [-0.2, -0.15) is 0 Å². The van der Waals surface area contributed by atoms with Gasteiger partial charge >= 0.3 is 0 Å². The maximum atomic E-state index is 12.6. The summed E-state index contributed by atoms with van der Waals surface area (Å²) in [5.41, 5.74) is 1.79. The predicted molar refractivity (Wildman–Crippen MR) is 85.8 cm³/mol. The first kappa shape index (κ1) is 16.0. The highest BCUT2D eigenvalue weighted by molar-refractivity contribution is 9.09. The molecule has 0 amide bonds.